The van der Waals surface area contributed by atoms with Gasteiger partial charge in [-0.05, 0) is 47.7 Å². The molecule has 198 valence electrons. The average Bonchev–Trinajstić information content (AvgIpc) is 3.55. The second kappa shape index (κ2) is 9.55. The lowest BCUT2D eigenvalue weighted by Crippen LogP contribution is -2.22. The summed E-state index contributed by atoms with van der Waals surface area (Å²) in [5.41, 5.74) is 3.88. The maximum absolute atomic E-state index is 12.1. The van der Waals surface area contributed by atoms with E-state index in [0.29, 0.717) is 29.6 Å². The lowest BCUT2D eigenvalue weighted by molar-refractivity contribution is -0.115. The number of rotatable bonds is 8. The number of hydrogen-bond donors (Lipinski definition) is 4. The van der Waals surface area contributed by atoms with Crippen molar-refractivity contribution in [1.82, 2.24) is 25.2 Å². The number of hydrogen-bond acceptors (Lipinski definition) is 8. The largest absolute Gasteiger partial charge is 0.367 e. The van der Waals surface area contributed by atoms with Crippen LogP contribution in [0, 0.1) is 0 Å². The summed E-state index contributed by atoms with van der Waals surface area (Å²) in [6, 6.07) is 16.3. The van der Waals surface area contributed by atoms with Crippen LogP contribution in [0.15, 0.2) is 71.4 Å². The Morgan fingerprint density at radius 2 is 1.90 bits per heavy atom. The van der Waals surface area contributed by atoms with Crippen LogP contribution >= 0.6 is 0 Å². The molecule has 2 fully saturated rings. The molecule has 0 bridgehead atoms. The van der Waals surface area contributed by atoms with E-state index in [9.17, 15) is 18.0 Å². The molecule has 3 heterocycles. The van der Waals surface area contributed by atoms with E-state index in [1.165, 1.54) is 6.26 Å². The molecule has 12 heteroatoms. The standard InChI is InChI=1S/C27H25N7O4S/c1-39(37,38)20-7-4-6-16(11-20)21-8-3-2-5-17(21)14-28-23-13-24(30-19-9-10-19)34-25(32-23)18(15-29-34)12-22-26(35)33-27(36)31-22/h2-8,11-13,15,19,30H,9-10,14H2,1H3,(H,28,32)(H2,31,33,35,36)/b22-12-. The number of carbonyl (C=O) groups is 2. The van der Waals surface area contributed by atoms with Gasteiger partial charge in [0.25, 0.3) is 5.91 Å². The van der Waals surface area contributed by atoms with Crippen molar-refractivity contribution in [3.63, 3.8) is 0 Å². The summed E-state index contributed by atoms with van der Waals surface area (Å²) in [5.74, 6) is 0.829. The van der Waals surface area contributed by atoms with Crippen molar-refractivity contribution in [2.45, 2.75) is 30.3 Å². The van der Waals surface area contributed by atoms with Gasteiger partial charge in [0.05, 0.1) is 11.1 Å². The van der Waals surface area contributed by atoms with Crippen LogP contribution in [0.3, 0.4) is 0 Å². The van der Waals surface area contributed by atoms with Gasteiger partial charge in [-0.15, -0.1) is 0 Å². The molecule has 0 atom stereocenters. The minimum Gasteiger partial charge on any atom is -0.367 e. The van der Waals surface area contributed by atoms with Crippen LogP contribution in [-0.2, 0) is 21.2 Å². The number of sulfone groups is 1. The Labute approximate surface area is 224 Å². The van der Waals surface area contributed by atoms with E-state index in [1.54, 1.807) is 35.0 Å². The number of carbonyl (C=O) groups excluding carboxylic acids is 2. The summed E-state index contributed by atoms with van der Waals surface area (Å²) in [4.78, 5) is 28.6. The van der Waals surface area contributed by atoms with E-state index in [4.69, 9.17) is 4.98 Å². The molecule has 1 aliphatic heterocycles. The Balaban J connectivity index is 1.33. The normalized spacial score (nSPS) is 16.4. The fourth-order valence-electron chi connectivity index (χ4n) is 4.39. The van der Waals surface area contributed by atoms with Crippen LogP contribution in [0.1, 0.15) is 24.0 Å². The molecule has 4 N–H and O–H groups in total. The maximum atomic E-state index is 12.1. The summed E-state index contributed by atoms with van der Waals surface area (Å²) < 4.78 is 25.9. The molecule has 0 radical (unpaired) electrons. The van der Waals surface area contributed by atoms with E-state index in [0.717, 1.165) is 35.3 Å². The highest BCUT2D eigenvalue weighted by Crippen LogP contribution is 2.29. The highest BCUT2D eigenvalue weighted by molar-refractivity contribution is 7.90. The minimum atomic E-state index is -3.34. The third kappa shape index (κ3) is 5.18. The Hall–Kier alpha value is -4.71. The average molecular weight is 544 g/mol. The lowest BCUT2D eigenvalue weighted by Gasteiger charge is -2.14. The number of fused-ring (bicyclic) bond motifs is 1. The molecule has 11 nitrogen and oxygen atoms in total. The van der Waals surface area contributed by atoms with Crippen LogP contribution in [0.4, 0.5) is 16.4 Å². The molecule has 0 spiro atoms. The van der Waals surface area contributed by atoms with Gasteiger partial charge in [-0.3, -0.25) is 10.1 Å². The van der Waals surface area contributed by atoms with Gasteiger partial charge in [0, 0.05) is 30.5 Å². The van der Waals surface area contributed by atoms with Gasteiger partial charge in [-0.1, -0.05) is 36.4 Å². The molecule has 39 heavy (non-hydrogen) atoms. The van der Waals surface area contributed by atoms with Crippen molar-refractivity contribution < 1.29 is 18.0 Å². The van der Waals surface area contributed by atoms with Gasteiger partial charge in [0.2, 0.25) is 0 Å². The molecule has 0 unspecified atom stereocenters. The molecule has 1 saturated carbocycles. The second-order valence-corrected chi connectivity index (χ2v) is 11.6. The zero-order valence-electron chi connectivity index (χ0n) is 20.9. The van der Waals surface area contributed by atoms with Crippen molar-refractivity contribution >= 4 is 45.1 Å². The predicted octanol–water partition coefficient (Wildman–Crippen LogP) is 3.17. The van der Waals surface area contributed by atoms with Crippen molar-refractivity contribution in [3.05, 3.63) is 77.6 Å². The summed E-state index contributed by atoms with van der Waals surface area (Å²) in [7, 11) is -3.34. The number of nitrogens with one attached hydrogen (secondary N) is 4. The number of urea groups is 1. The van der Waals surface area contributed by atoms with Crippen LogP contribution in [0.5, 0.6) is 0 Å². The van der Waals surface area contributed by atoms with Gasteiger partial charge in [0.15, 0.2) is 15.5 Å². The molecule has 6 rings (SSSR count). The molecule has 3 amide bonds. The Morgan fingerprint density at radius 1 is 1.08 bits per heavy atom. The lowest BCUT2D eigenvalue weighted by atomic mass is 10.00. The SMILES string of the molecule is CS(=O)(=O)c1cccc(-c2ccccc2CNc2cc(NC3CC3)n3ncc(/C=C4\NC(=O)NC4=O)c3n2)c1. The van der Waals surface area contributed by atoms with Crippen molar-refractivity contribution in [1.29, 1.82) is 0 Å². The first-order chi connectivity index (χ1) is 18.7. The second-order valence-electron chi connectivity index (χ2n) is 9.56. The number of aromatic nitrogens is 3. The molecule has 1 aliphatic carbocycles. The molecular formula is C27H25N7O4S. The highest BCUT2D eigenvalue weighted by atomic mass is 32.2. The monoisotopic (exact) mass is 543 g/mol. The van der Waals surface area contributed by atoms with E-state index >= 15 is 0 Å². The fraction of sp³-hybridized carbons (Fsp3) is 0.185. The number of anilines is 2. The Morgan fingerprint density at radius 3 is 2.64 bits per heavy atom. The van der Waals surface area contributed by atoms with Crippen LogP contribution in [0.2, 0.25) is 0 Å². The van der Waals surface area contributed by atoms with Gasteiger partial charge in [-0.25, -0.2) is 18.2 Å². The highest BCUT2D eigenvalue weighted by Gasteiger charge is 2.25. The maximum Gasteiger partial charge on any atom is 0.326 e. The Kier molecular flexibility index (Phi) is 6.03. The summed E-state index contributed by atoms with van der Waals surface area (Å²) in [6.45, 7) is 0.425. The molecule has 2 aromatic carbocycles. The fourth-order valence-corrected chi connectivity index (χ4v) is 5.05. The van der Waals surface area contributed by atoms with Crippen molar-refractivity contribution in [3.8, 4) is 11.1 Å². The first-order valence-electron chi connectivity index (χ1n) is 12.4. The van der Waals surface area contributed by atoms with Gasteiger partial charge in [-0.2, -0.15) is 9.61 Å². The summed E-state index contributed by atoms with van der Waals surface area (Å²) in [6.07, 6.45) is 6.47. The first-order valence-corrected chi connectivity index (χ1v) is 14.3. The zero-order valence-corrected chi connectivity index (χ0v) is 21.7. The predicted molar refractivity (Wildman–Crippen MR) is 147 cm³/mol. The van der Waals surface area contributed by atoms with Crippen molar-refractivity contribution in [2.75, 3.05) is 16.9 Å². The third-order valence-electron chi connectivity index (χ3n) is 6.50. The molecule has 2 aliphatic rings. The zero-order chi connectivity index (χ0) is 27.1. The molecule has 2 aromatic heterocycles. The van der Waals surface area contributed by atoms with Crippen molar-refractivity contribution in [2.24, 2.45) is 0 Å². The van der Waals surface area contributed by atoms with E-state index in [-0.39, 0.29) is 10.6 Å². The van der Waals surface area contributed by atoms with Gasteiger partial charge < -0.3 is 16.0 Å². The summed E-state index contributed by atoms with van der Waals surface area (Å²) >= 11 is 0. The van der Waals surface area contributed by atoms with E-state index in [2.05, 4.69) is 26.4 Å². The molecular weight excluding hydrogens is 518 g/mol. The first kappa shape index (κ1) is 24.6. The number of amides is 3. The topological polar surface area (TPSA) is 147 Å². The van der Waals surface area contributed by atoms with Crippen LogP contribution in [0.25, 0.3) is 22.9 Å². The van der Waals surface area contributed by atoms with Gasteiger partial charge >= 0.3 is 6.03 Å². The van der Waals surface area contributed by atoms with E-state index in [1.807, 2.05) is 36.4 Å². The third-order valence-corrected chi connectivity index (χ3v) is 7.61. The summed E-state index contributed by atoms with van der Waals surface area (Å²) in [5, 5.41) is 16.0. The molecule has 1 saturated heterocycles. The number of nitrogens with zero attached hydrogens (tertiary/aromatic N) is 3. The van der Waals surface area contributed by atoms with E-state index < -0.39 is 21.8 Å². The van der Waals surface area contributed by atoms with Crippen LogP contribution < -0.4 is 21.3 Å². The minimum absolute atomic E-state index is 0.122. The molecule has 4 aromatic rings. The number of benzene rings is 2. The quantitative estimate of drug-likeness (QED) is 0.196. The van der Waals surface area contributed by atoms with Gasteiger partial charge in [0.1, 0.15) is 17.3 Å². The number of imide groups is 1. The van der Waals surface area contributed by atoms with Crippen LogP contribution in [-0.4, -0.2) is 47.3 Å². The smallest absolute Gasteiger partial charge is 0.326 e. The Bertz CT molecular complexity index is 1770.